The fourth-order valence-electron chi connectivity index (χ4n) is 3.06. The van der Waals surface area contributed by atoms with Crippen molar-refractivity contribution >= 4 is 28.4 Å². The summed E-state index contributed by atoms with van der Waals surface area (Å²) in [5.41, 5.74) is 0.813. The number of benzene rings is 1. The Morgan fingerprint density at radius 3 is 1.92 bits per heavy atom. The lowest BCUT2D eigenvalue weighted by atomic mass is 10.1. The molecule has 148 valence electrons. The summed E-state index contributed by atoms with van der Waals surface area (Å²) < 4.78 is 5.74. The maximum absolute atomic E-state index is 10.9. The molecule has 0 saturated heterocycles. The van der Waals surface area contributed by atoms with E-state index in [0.717, 1.165) is 12.0 Å². The number of hydrogen-bond donors (Lipinski definition) is 0. The van der Waals surface area contributed by atoms with Crippen LogP contribution in [-0.2, 0) is 11.2 Å². The number of halogens is 2. The van der Waals surface area contributed by atoms with E-state index < -0.39 is 0 Å². The summed E-state index contributed by atoms with van der Waals surface area (Å²) in [6.45, 7) is 2.95. The summed E-state index contributed by atoms with van der Waals surface area (Å²) in [6.07, 6.45) is 16.2. The summed E-state index contributed by atoms with van der Waals surface area (Å²) in [4.78, 5) is 10.9. The fourth-order valence-corrected chi connectivity index (χ4v) is 3.47. The molecule has 0 amide bonds. The third-order valence-electron chi connectivity index (χ3n) is 4.59. The van der Waals surface area contributed by atoms with Crippen molar-refractivity contribution in [3.63, 3.8) is 0 Å². The Hall–Kier alpha value is -0.730. The molecule has 0 radical (unpaired) electrons. The second-order valence-corrected chi connectivity index (χ2v) is 7.86. The SMILES string of the molecule is CCCCCCCCCCCCCCOc1ccc(CC(=O)Cl)cc1Cl. The maximum atomic E-state index is 10.9. The summed E-state index contributed by atoms with van der Waals surface area (Å²) in [5.74, 6) is 0.681. The Balaban J connectivity index is 1.98. The van der Waals surface area contributed by atoms with E-state index in [1.807, 2.05) is 12.1 Å². The van der Waals surface area contributed by atoms with Crippen molar-refractivity contribution in [2.75, 3.05) is 6.61 Å². The molecule has 0 atom stereocenters. The predicted octanol–water partition coefficient (Wildman–Crippen LogP) is 7.73. The number of unbranched alkanes of at least 4 members (excludes halogenated alkanes) is 11. The van der Waals surface area contributed by atoms with Gasteiger partial charge in [-0.2, -0.15) is 0 Å². The maximum Gasteiger partial charge on any atom is 0.226 e. The largest absolute Gasteiger partial charge is 0.492 e. The van der Waals surface area contributed by atoms with E-state index in [9.17, 15) is 4.79 Å². The van der Waals surface area contributed by atoms with Gasteiger partial charge in [-0.05, 0) is 35.7 Å². The van der Waals surface area contributed by atoms with Crippen molar-refractivity contribution in [2.45, 2.75) is 90.4 Å². The third-order valence-corrected chi connectivity index (χ3v) is 5.02. The molecule has 0 aromatic heterocycles. The van der Waals surface area contributed by atoms with E-state index in [-0.39, 0.29) is 11.7 Å². The summed E-state index contributed by atoms with van der Waals surface area (Å²) >= 11 is 11.6. The van der Waals surface area contributed by atoms with Crippen LogP contribution in [0.15, 0.2) is 18.2 Å². The van der Waals surface area contributed by atoms with Gasteiger partial charge in [-0.25, -0.2) is 0 Å². The monoisotopic (exact) mass is 400 g/mol. The second-order valence-electron chi connectivity index (χ2n) is 7.03. The molecule has 2 nitrogen and oxygen atoms in total. The number of carbonyl (C=O) groups excluding carboxylic acids is 1. The zero-order valence-electron chi connectivity index (χ0n) is 16.2. The van der Waals surface area contributed by atoms with Gasteiger partial charge in [-0.15, -0.1) is 0 Å². The van der Waals surface area contributed by atoms with E-state index in [1.54, 1.807) is 6.07 Å². The lowest BCUT2D eigenvalue weighted by molar-refractivity contribution is -0.111. The molecule has 0 aliphatic heterocycles. The van der Waals surface area contributed by atoms with E-state index in [2.05, 4.69) is 6.92 Å². The highest BCUT2D eigenvalue weighted by Crippen LogP contribution is 2.26. The average Bonchev–Trinajstić information content (AvgIpc) is 2.60. The van der Waals surface area contributed by atoms with Crippen LogP contribution in [0.3, 0.4) is 0 Å². The van der Waals surface area contributed by atoms with Crippen molar-refractivity contribution in [1.29, 1.82) is 0 Å². The zero-order valence-corrected chi connectivity index (χ0v) is 17.7. The molecule has 0 bridgehead atoms. The molecule has 0 heterocycles. The Morgan fingerprint density at radius 1 is 0.885 bits per heavy atom. The molecule has 0 fully saturated rings. The standard InChI is InChI=1S/C22H34Cl2O2/c1-2-3-4-5-6-7-8-9-10-11-12-13-16-26-21-15-14-19(17-20(21)23)18-22(24)25/h14-15,17H,2-13,16,18H2,1H3. The van der Waals surface area contributed by atoms with Crippen molar-refractivity contribution in [1.82, 2.24) is 0 Å². The van der Waals surface area contributed by atoms with Gasteiger partial charge in [0.05, 0.1) is 11.6 Å². The van der Waals surface area contributed by atoms with Gasteiger partial charge in [-0.1, -0.05) is 95.2 Å². The van der Waals surface area contributed by atoms with Gasteiger partial charge < -0.3 is 4.74 Å². The average molecular weight is 401 g/mol. The summed E-state index contributed by atoms with van der Waals surface area (Å²) in [7, 11) is 0. The minimum atomic E-state index is -0.383. The van der Waals surface area contributed by atoms with Crippen LogP contribution in [0.4, 0.5) is 0 Å². The highest BCUT2D eigenvalue weighted by molar-refractivity contribution is 6.63. The molecule has 0 aliphatic rings. The van der Waals surface area contributed by atoms with E-state index in [1.165, 1.54) is 70.6 Å². The van der Waals surface area contributed by atoms with Crippen LogP contribution in [0.1, 0.15) is 89.5 Å². The third kappa shape index (κ3) is 11.8. The molecule has 0 unspecified atom stereocenters. The number of hydrogen-bond acceptors (Lipinski definition) is 2. The van der Waals surface area contributed by atoms with E-state index >= 15 is 0 Å². The Morgan fingerprint density at radius 2 is 1.42 bits per heavy atom. The van der Waals surface area contributed by atoms with Crippen molar-refractivity contribution in [3.8, 4) is 5.75 Å². The molecule has 1 aromatic rings. The van der Waals surface area contributed by atoms with Crippen LogP contribution in [0.2, 0.25) is 5.02 Å². The normalized spacial score (nSPS) is 10.9. The number of ether oxygens (including phenoxy) is 1. The first kappa shape index (κ1) is 23.3. The molecule has 4 heteroatoms. The number of rotatable bonds is 16. The lowest BCUT2D eigenvalue weighted by Gasteiger charge is -2.09. The molecule has 0 saturated carbocycles. The van der Waals surface area contributed by atoms with Gasteiger partial charge in [0.1, 0.15) is 5.75 Å². The van der Waals surface area contributed by atoms with Gasteiger partial charge in [0, 0.05) is 6.42 Å². The highest BCUT2D eigenvalue weighted by atomic mass is 35.5. The van der Waals surface area contributed by atoms with Gasteiger partial charge in [-0.3, -0.25) is 4.79 Å². The van der Waals surface area contributed by atoms with Crippen molar-refractivity contribution in [3.05, 3.63) is 28.8 Å². The predicted molar refractivity (Wildman–Crippen MR) is 113 cm³/mol. The van der Waals surface area contributed by atoms with Crippen LogP contribution in [-0.4, -0.2) is 11.8 Å². The van der Waals surface area contributed by atoms with Gasteiger partial charge in [0.15, 0.2) is 0 Å². The molecule has 1 rings (SSSR count). The van der Waals surface area contributed by atoms with Gasteiger partial charge in [0.25, 0.3) is 0 Å². The quantitative estimate of drug-likeness (QED) is 0.209. The van der Waals surface area contributed by atoms with E-state index in [0.29, 0.717) is 17.4 Å². The van der Waals surface area contributed by atoms with E-state index in [4.69, 9.17) is 27.9 Å². The number of carbonyl (C=O) groups is 1. The van der Waals surface area contributed by atoms with Crippen LogP contribution in [0.25, 0.3) is 0 Å². The van der Waals surface area contributed by atoms with Crippen LogP contribution in [0, 0.1) is 0 Å². The molecule has 0 spiro atoms. The second kappa shape index (κ2) is 15.3. The first-order valence-corrected chi connectivity index (χ1v) is 11.0. The summed E-state index contributed by atoms with van der Waals surface area (Å²) in [5, 5.41) is 0.158. The van der Waals surface area contributed by atoms with Gasteiger partial charge >= 0.3 is 0 Å². The Labute approximate surface area is 169 Å². The minimum absolute atomic E-state index is 0.195. The van der Waals surface area contributed by atoms with Crippen LogP contribution in [0.5, 0.6) is 5.75 Å². The van der Waals surface area contributed by atoms with Crippen molar-refractivity contribution < 1.29 is 9.53 Å². The van der Waals surface area contributed by atoms with Crippen LogP contribution < -0.4 is 4.74 Å². The van der Waals surface area contributed by atoms with Crippen molar-refractivity contribution in [2.24, 2.45) is 0 Å². The Bertz CT molecular complexity index is 503. The first-order chi connectivity index (χ1) is 12.6. The molecule has 1 aromatic carbocycles. The molecule has 0 aliphatic carbocycles. The smallest absolute Gasteiger partial charge is 0.226 e. The first-order valence-electron chi connectivity index (χ1n) is 10.2. The lowest BCUT2D eigenvalue weighted by Crippen LogP contribution is -1.99. The molecular weight excluding hydrogens is 367 g/mol. The molecule has 26 heavy (non-hydrogen) atoms. The molecule has 0 N–H and O–H groups in total. The Kier molecular flexibility index (Phi) is 13.8. The van der Waals surface area contributed by atoms with Crippen LogP contribution >= 0.6 is 23.2 Å². The van der Waals surface area contributed by atoms with Gasteiger partial charge in [0.2, 0.25) is 5.24 Å². The molecular formula is C22H34Cl2O2. The topological polar surface area (TPSA) is 26.3 Å². The fraction of sp³-hybridized carbons (Fsp3) is 0.682. The minimum Gasteiger partial charge on any atom is -0.492 e. The highest BCUT2D eigenvalue weighted by Gasteiger charge is 2.05. The summed E-state index contributed by atoms with van der Waals surface area (Å²) in [6, 6.07) is 5.40. The zero-order chi connectivity index (χ0) is 19.0.